The molecule has 2 rings (SSSR count). The van der Waals surface area contributed by atoms with Gasteiger partial charge in [0.2, 0.25) is 0 Å². The highest BCUT2D eigenvalue weighted by atomic mass is 79.9. The maximum atomic E-state index is 13.2. The summed E-state index contributed by atoms with van der Waals surface area (Å²) in [5.41, 5.74) is 5.93. The van der Waals surface area contributed by atoms with Crippen LogP contribution in [0.1, 0.15) is 10.5 Å². The van der Waals surface area contributed by atoms with Crippen molar-refractivity contribution in [3.8, 4) is 0 Å². The van der Waals surface area contributed by atoms with Crippen LogP contribution >= 0.6 is 15.9 Å². The summed E-state index contributed by atoms with van der Waals surface area (Å²) >= 11 is 3.02. The molecule has 7 heteroatoms. The first-order valence-electron chi connectivity index (χ1n) is 4.63. The molecule has 88 valence electrons. The molecule has 0 fully saturated rings. The molecule has 0 aliphatic heterocycles. The highest BCUT2D eigenvalue weighted by molar-refractivity contribution is 9.10. The summed E-state index contributed by atoms with van der Waals surface area (Å²) in [5, 5.41) is 8.60. The number of aromatic amines is 1. The lowest BCUT2D eigenvalue weighted by Crippen LogP contribution is -2.12. The molecule has 0 spiro atoms. The first-order chi connectivity index (χ1) is 8.06. The number of nitrogens with one attached hydrogen (secondary N) is 2. The standard InChI is InChI=1S/C10H8BrFN4O/c11-6-2-1-5(3-7(6)12)14-10(17)8-4-9(13)16-15-8/h1-4H,(H,14,17)(H3,13,15,16). The van der Waals surface area contributed by atoms with Crippen molar-refractivity contribution in [2.24, 2.45) is 0 Å². The molecule has 0 aliphatic carbocycles. The van der Waals surface area contributed by atoms with Crippen LogP contribution in [0.3, 0.4) is 0 Å². The van der Waals surface area contributed by atoms with Gasteiger partial charge in [0.15, 0.2) is 0 Å². The van der Waals surface area contributed by atoms with Crippen molar-refractivity contribution < 1.29 is 9.18 Å². The van der Waals surface area contributed by atoms with E-state index in [9.17, 15) is 9.18 Å². The number of aromatic nitrogens is 2. The second-order valence-electron chi connectivity index (χ2n) is 3.29. The number of halogens is 2. The van der Waals surface area contributed by atoms with Gasteiger partial charge in [0.1, 0.15) is 17.3 Å². The van der Waals surface area contributed by atoms with Crippen LogP contribution in [-0.2, 0) is 0 Å². The minimum absolute atomic E-state index is 0.214. The number of carbonyl (C=O) groups excluding carboxylic acids is 1. The highest BCUT2D eigenvalue weighted by Crippen LogP contribution is 2.19. The highest BCUT2D eigenvalue weighted by Gasteiger charge is 2.09. The zero-order valence-corrected chi connectivity index (χ0v) is 10.1. The van der Waals surface area contributed by atoms with Gasteiger partial charge >= 0.3 is 0 Å². The number of nitrogens with zero attached hydrogens (tertiary/aromatic N) is 1. The van der Waals surface area contributed by atoms with Crippen molar-refractivity contribution in [2.75, 3.05) is 11.1 Å². The molecule has 0 saturated carbocycles. The third kappa shape index (κ3) is 2.62. The number of hydrogen-bond donors (Lipinski definition) is 3. The molecule has 0 saturated heterocycles. The Morgan fingerprint density at radius 3 is 2.82 bits per heavy atom. The first-order valence-corrected chi connectivity index (χ1v) is 5.43. The summed E-state index contributed by atoms with van der Waals surface area (Å²) in [4.78, 5) is 11.7. The fraction of sp³-hybridized carbons (Fsp3) is 0. The number of anilines is 2. The number of hydrogen-bond acceptors (Lipinski definition) is 3. The smallest absolute Gasteiger partial charge is 0.273 e. The number of carbonyl (C=O) groups is 1. The Balaban J connectivity index is 2.15. The van der Waals surface area contributed by atoms with E-state index in [2.05, 4.69) is 31.4 Å². The van der Waals surface area contributed by atoms with E-state index in [1.54, 1.807) is 6.07 Å². The van der Waals surface area contributed by atoms with Gasteiger partial charge in [-0.1, -0.05) is 0 Å². The number of nitrogen functional groups attached to an aromatic ring is 1. The molecular weight excluding hydrogens is 291 g/mol. The fourth-order valence-electron chi connectivity index (χ4n) is 1.23. The van der Waals surface area contributed by atoms with Gasteiger partial charge in [-0.05, 0) is 34.1 Å². The third-order valence-corrected chi connectivity index (χ3v) is 2.66. The normalized spacial score (nSPS) is 10.2. The van der Waals surface area contributed by atoms with Gasteiger partial charge in [-0.25, -0.2) is 4.39 Å². The number of rotatable bonds is 2. The average molecular weight is 299 g/mol. The topological polar surface area (TPSA) is 83.8 Å². The lowest BCUT2D eigenvalue weighted by atomic mass is 10.3. The van der Waals surface area contributed by atoms with Crippen molar-refractivity contribution >= 4 is 33.3 Å². The molecule has 1 aromatic heterocycles. The van der Waals surface area contributed by atoms with Crippen LogP contribution in [0.4, 0.5) is 15.9 Å². The van der Waals surface area contributed by atoms with Crippen LogP contribution in [0.2, 0.25) is 0 Å². The Labute approximate surface area is 104 Å². The Morgan fingerprint density at radius 1 is 1.47 bits per heavy atom. The van der Waals surface area contributed by atoms with Crippen LogP contribution in [0.15, 0.2) is 28.7 Å². The zero-order valence-electron chi connectivity index (χ0n) is 8.50. The fourth-order valence-corrected chi connectivity index (χ4v) is 1.47. The summed E-state index contributed by atoms with van der Waals surface area (Å²) in [5.74, 6) is -0.667. The van der Waals surface area contributed by atoms with E-state index in [-0.39, 0.29) is 11.5 Å². The van der Waals surface area contributed by atoms with Gasteiger partial charge in [0, 0.05) is 11.8 Å². The Hall–Kier alpha value is -1.89. The van der Waals surface area contributed by atoms with E-state index in [1.807, 2.05) is 0 Å². The number of benzene rings is 1. The van der Waals surface area contributed by atoms with Gasteiger partial charge in [-0.3, -0.25) is 9.89 Å². The molecule has 4 N–H and O–H groups in total. The molecule has 1 heterocycles. The van der Waals surface area contributed by atoms with Gasteiger partial charge in [-0.15, -0.1) is 0 Å². The van der Waals surface area contributed by atoms with Crippen LogP contribution in [0.5, 0.6) is 0 Å². The van der Waals surface area contributed by atoms with Crippen molar-refractivity contribution in [2.45, 2.75) is 0 Å². The molecule has 0 unspecified atom stereocenters. The molecular formula is C10H8BrFN4O. The Bertz CT molecular complexity index is 569. The summed E-state index contributed by atoms with van der Waals surface area (Å²) in [6.45, 7) is 0. The van der Waals surface area contributed by atoms with Crippen molar-refractivity contribution in [3.63, 3.8) is 0 Å². The quantitative estimate of drug-likeness (QED) is 0.794. The first kappa shape index (κ1) is 11.6. The van der Waals surface area contributed by atoms with Crippen molar-refractivity contribution in [1.82, 2.24) is 10.2 Å². The van der Waals surface area contributed by atoms with E-state index < -0.39 is 11.7 Å². The molecule has 0 radical (unpaired) electrons. The largest absolute Gasteiger partial charge is 0.382 e. The molecule has 2 aromatic rings. The summed E-state index contributed by atoms with van der Waals surface area (Å²) < 4.78 is 13.5. The zero-order chi connectivity index (χ0) is 12.4. The second kappa shape index (κ2) is 4.54. The van der Waals surface area contributed by atoms with Crippen LogP contribution in [0.25, 0.3) is 0 Å². The van der Waals surface area contributed by atoms with Crippen LogP contribution in [0, 0.1) is 5.82 Å². The molecule has 0 bridgehead atoms. The third-order valence-electron chi connectivity index (χ3n) is 2.02. The maximum Gasteiger partial charge on any atom is 0.273 e. The van der Waals surface area contributed by atoms with Gasteiger partial charge in [0.25, 0.3) is 5.91 Å². The van der Waals surface area contributed by atoms with Gasteiger partial charge in [-0.2, -0.15) is 5.10 Å². The maximum absolute atomic E-state index is 13.2. The molecule has 5 nitrogen and oxygen atoms in total. The van der Waals surface area contributed by atoms with E-state index in [0.29, 0.717) is 10.2 Å². The molecule has 0 atom stereocenters. The van der Waals surface area contributed by atoms with E-state index >= 15 is 0 Å². The van der Waals surface area contributed by atoms with E-state index in [0.717, 1.165) is 0 Å². The summed E-state index contributed by atoms with van der Waals surface area (Å²) in [6.07, 6.45) is 0. The predicted molar refractivity (Wildman–Crippen MR) is 65.1 cm³/mol. The minimum Gasteiger partial charge on any atom is -0.382 e. The second-order valence-corrected chi connectivity index (χ2v) is 4.14. The van der Waals surface area contributed by atoms with Crippen molar-refractivity contribution in [1.29, 1.82) is 0 Å². The minimum atomic E-state index is -0.452. The lowest BCUT2D eigenvalue weighted by molar-refractivity contribution is 0.102. The Kier molecular flexibility index (Phi) is 3.10. The lowest BCUT2D eigenvalue weighted by Gasteiger charge is -2.04. The van der Waals surface area contributed by atoms with Crippen LogP contribution < -0.4 is 11.1 Å². The molecule has 0 aliphatic rings. The average Bonchev–Trinajstić information content (AvgIpc) is 2.70. The number of H-pyrrole nitrogens is 1. The number of nitrogens with two attached hydrogens (primary N) is 1. The van der Waals surface area contributed by atoms with Crippen LogP contribution in [-0.4, -0.2) is 16.1 Å². The molecule has 1 amide bonds. The van der Waals surface area contributed by atoms with E-state index in [4.69, 9.17) is 5.73 Å². The van der Waals surface area contributed by atoms with Gasteiger partial charge < -0.3 is 11.1 Å². The SMILES string of the molecule is Nc1cc(C(=O)Nc2ccc(Br)c(F)c2)[nH]n1. The monoisotopic (exact) mass is 298 g/mol. The van der Waals surface area contributed by atoms with E-state index in [1.165, 1.54) is 18.2 Å². The summed E-state index contributed by atoms with van der Waals surface area (Å²) in [7, 11) is 0. The van der Waals surface area contributed by atoms with Crippen molar-refractivity contribution in [3.05, 3.63) is 40.2 Å². The summed E-state index contributed by atoms with van der Waals surface area (Å²) in [6, 6.07) is 5.68. The molecule has 1 aromatic carbocycles. The van der Waals surface area contributed by atoms with Gasteiger partial charge in [0.05, 0.1) is 4.47 Å². The number of amides is 1. The molecule has 17 heavy (non-hydrogen) atoms. The predicted octanol–water partition coefficient (Wildman–Crippen LogP) is 2.15. The Morgan fingerprint density at radius 2 is 2.24 bits per heavy atom.